The number of hydrogen-bond acceptors (Lipinski definition) is 5. The van der Waals surface area contributed by atoms with Crippen molar-refractivity contribution in [2.45, 2.75) is 25.8 Å². The zero-order chi connectivity index (χ0) is 19.2. The fourth-order valence-corrected chi connectivity index (χ4v) is 3.28. The van der Waals surface area contributed by atoms with Crippen LogP contribution in [-0.2, 0) is 6.54 Å². The molecule has 0 saturated carbocycles. The van der Waals surface area contributed by atoms with Gasteiger partial charge in [-0.05, 0) is 49.1 Å². The van der Waals surface area contributed by atoms with Gasteiger partial charge in [0, 0.05) is 31.3 Å². The van der Waals surface area contributed by atoms with E-state index in [1.54, 1.807) is 19.2 Å². The third-order valence-electron chi connectivity index (χ3n) is 4.72. The molecule has 7 nitrogen and oxygen atoms in total. The van der Waals surface area contributed by atoms with Gasteiger partial charge in [0.15, 0.2) is 0 Å². The van der Waals surface area contributed by atoms with Crippen molar-refractivity contribution in [1.29, 1.82) is 0 Å². The van der Waals surface area contributed by atoms with Crippen LogP contribution < -0.4 is 15.0 Å². The van der Waals surface area contributed by atoms with Gasteiger partial charge in [0.1, 0.15) is 11.4 Å². The van der Waals surface area contributed by atoms with E-state index in [4.69, 9.17) is 4.74 Å². The minimum absolute atomic E-state index is 0.0223. The number of nitro benzene ring substituents is 1. The number of benzene rings is 2. The SMILES string of the molecule is COc1cccc(CNC(=O)c2ccc(N3CCCCC3)c([N+](=O)[O-])c2)c1. The van der Waals surface area contributed by atoms with Crippen LogP contribution in [0.25, 0.3) is 0 Å². The summed E-state index contributed by atoms with van der Waals surface area (Å²) in [6, 6.07) is 12.1. The van der Waals surface area contributed by atoms with E-state index in [0.29, 0.717) is 18.0 Å². The first-order chi connectivity index (χ1) is 13.1. The fourth-order valence-electron chi connectivity index (χ4n) is 3.28. The molecule has 1 amide bonds. The highest BCUT2D eigenvalue weighted by atomic mass is 16.6. The third kappa shape index (κ3) is 4.55. The number of ether oxygens (including phenoxy) is 1. The topological polar surface area (TPSA) is 84.7 Å². The first-order valence-corrected chi connectivity index (χ1v) is 9.03. The monoisotopic (exact) mass is 369 g/mol. The number of nitrogens with one attached hydrogen (secondary N) is 1. The summed E-state index contributed by atoms with van der Waals surface area (Å²) in [7, 11) is 1.58. The van der Waals surface area contributed by atoms with Gasteiger partial charge >= 0.3 is 0 Å². The molecule has 0 unspecified atom stereocenters. The van der Waals surface area contributed by atoms with Gasteiger partial charge in [0.2, 0.25) is 0 Å². The summed E-state index contributed by atoms with van der Waals surface area (Å²) >= 11 is 0. The standard InChI is InChI=1S/C20H23N3O4/c1-27-17-7-5-6-15(12-17)14-21-20(24)16-8-9-18(19(13-16)23(25)26)22-10-3-2-4-11-22/h5-9,12-13H,2-4,10-11,14H2,1H3,(H,21,24). The Morgan fingerprint density at radius 3 is 2.67 bits per heavy atom. The Kier molecular flexibility index (Phi) is 5.90. The molecule has 0 aliphatic carbocycles. The van der Waals surface area contributed by atoms with E-state index in [0.717, 1.165) is 37.9 Å². The average molecular weight is 369 g/mol. The summed E-state index contributed by atoms with van der Waals surface area (Å²) < 4.78 is 5.17. The number of piperidine rings is 1. The number of rotatable bonds is 6. The molecule has 1 saturated heterocycles. The van der Waals surface area contributed by atoms with Gasteiger partial charge in [-0.3, -0.25) is 14.9 Å². The molecule has 2 aromatic rings. The summed E-state index contributed by atoms with van der Waals surface area (Å²) in [4.78, 5) is 25.6. The molecule has 0 aromatic heterocycles. The Morgan fingerprint density at radius 1 is 1.19 bits per heavy atom. The number of amides is 1. The molecular formula is C20H23N3O4. The van der Waals surface area contributed by atoms with Crippen molar-refractivity contribution in [2.24, 2.45) is 0 Å². The zero-order valence-corrected chi connectivity index (χ0v) is 15.3. The molecule has 0 spiro atoms. The van der Waals surface area contributed by atoms with Gasteiger partial charge in [0.25, 0.3) is 11.6 Å². The molecule has 1 aliphatic rings. The molecule has 0 atom stereocenters. The maximum atomic E-state index is 12.5. The predicted molar refractivity (Wildman–Crippen MR) is 103 cm³/mol. The van der Waals surface area contributed by atoms with Crippen LogP contribution >= 0.6 is 0 Å². The van der Waals surface area contributed by atoms with Crippen molar-refractivity contribution in [1.82, 2.24) is 5.32 Å². The summed E-state index contributed by atoms with van der Waals surface area (Å²) in [6.07, 6.45) is 3.20. The lowest BCUT2D eigenvalue weighted by Crippen LogP contribution is -2.30. The van der Waals surface area contributed by atoms with Crippen LogP contribution in [0.2, 0.25) is 0 Å². The Labute approximate surface area is 158 Å². The highest BCUT2D eigenvalue weighted by Crippen LogP contribution is 2.31. The summed E-state index contributed by atoms with van der Waals surface area (Å²) in [6.45, 7) is 1.93. The van der Waals surface area contributed by atoms with Gasteiger partial charge in [-0.15, -0.1) is 0 Å². The fraction of sp³-hybridized carbons (Fsp3) is 0.350. The molecule has 27 heavy (non-hydrogen) atoms. The highest BCUT2D eigenvalue weighted by molar-refractivity contribution is 5.95. The lowest BCUT2D eigenvalue weighted by atomic mass is 10.1. The van der Waals surface area contributed by atoms with Gasteiger partial charge in [-0.25, -0.2) is 0 Å². The lowest BCUT2D eigenvalue weighted by molar-refractivity contribution is -0.384. The maximum Gasteiger partial charge on any atom is 0.293 e. The quantitative estimate of drug-likeness (QED) is 0.622. The van der Waals surface area contributed by atoms with Gasteiger partial charge in [0.05, 0.1) is 12.0 Å². The number of nitrogens with zero attached hydrogens (tertiary/aromatic N) is 2. The Bertz CT molecular complexity index is 832. The Morgan fingerprint density at radius 2 is 1.96 bits per heavy atom. The predicted octanol–water partition coefficient (Wildman–Crippen LogP) is 3.52. The molecule has 1 aliphatic heterocycles. The lowest BCUT2D eigenvalue weighted by Gasteiger charge is -2.28. The van der Waals surface area contributed by atoms with Crippen LogP contribution in [0, 0.1) is 10.1 Å². The van der Waals surface area contributed by atoms with Crippen LogP contribution in [0.1, 0.15) is 35.2 Å². The van der Waals surface area contributed by atoms with Crippen molar-refractivity contribution < 1.29 is 14.5 Å². The van der Waals surface area contributed by atoms with Crippen molar-refractivity contribution >= 4 is 17.3 Å². The van der Waals surface area contributed by atoms with E-state index in [1.165, 1.54) is 6.07 Å². The number of carbonyl (C=O) groups is 1. The van der Waals surface area contributed by atoms with Crippen molar-refractivity contribution in [3.05, 3.63) is 63.7 Å². The van der Waals surface area contributed by atoms with E-state index in [9.17, 15) is 14.9 Å². The number of anilines is 1. The molecule has 1 fully saturated rings. The van der Waals surface area contributed by atoms with E-state index < -0.39 is 4.92 Å². The molecule has 142 valence electrons. The first kappa shape index (κ1) is 18.7. The molecule has 0 radical (unpaired) electrons. The molecule has 1 N–H and O–H groups in total. The van der Waals surface area contributed by atoms with E-state index in [1.807, 2.05) is 29.2 Å². The van der Waals surface area contributed by atoms with Crippen LogP contribution in [-0.4, -0.2) is 31.0 Å². The van der Waals surface area contributed by atoms with Gasteiger partial charge in [-0.1, -0.05) is 12.1 Å². The van der Waals surface area contributed by atoms with Crippen molar-refractivity contribution in [2.75, 3.05) is 25.1 Å². The smallest absolute Gasteiger partial charge is 0.293 e. The number of hydrogen-bond donors (Lipinski definition) is 1. The summed E-state index contributed by atoms with van der Waals surface area (Å²) in [5, 5.41) is 14.3. The largest absolute Gasteiger partial charge is 0.497 e. The summed E-state index contributed by atoms with van der Waals surface area (Å²) in [5.74, 6) is 0.370. The van der Waals surface area contributed by atoms with E-state index in [-0.39, 0.29) is 17.2 Å². The van der Waals surface area contributed by atoms with Crippen molar-refractivity contribution in [3.63, 3.8) is 0 Å². The number of nitro groups is 1. The van der Waals surface area contributed by atoms with Crippen LogP contribution in [0.5, 0.6) is 5.75 Å². The highest BCUT2D eigenvalue weighted by Gasteiger charge is 2.23. The Hall–Kier alpha value is -3.09. The van der Waals surface area contributed by atoms with Crippen molar-refractivity contribution in [3.8, 4) is 5.75 Å². The molecular weight excluding hydrogens is 346 g/mol. The van der Waals surface area contributed by atoms with E-state index >= 15 is 0 Å². The minimum atomic E-state index is -0.414. The molecule has 2 aromatic carbocycles. The molecule has 0 bridgehead atoms. The third-order valence-corrected chi connectivity index (χ3v) is 4.72. The maximum absolute atomic E-state index is 12.5. The minimum Gasteiger partial charge on any atom is -0.497 e. The van der Waals surface area contributed by atoms with Crippen LogP contribution in [0.15, 0.2) is 42.5 Å². The zero-order valence-electron chi connectivity index (χ0n) is 15.3. The van der Waals surface area contributed by atoms with Gasteiger partial charge in [-0.2, -0.15) is 0 Å². The first-order valence-electron chi connectivity index (χ1n) is 9.03. The number of methoxy groups -OCH3 is 1. The molecule has 7 heteroatoms. The van der Waals surface area contributed by atoms with Crippen LogP contribution in [0.4, 0.5) is 11.4 Å². The number of carbonyl (C=O) groups excluding carboxylic acids is 1. The summed E-state index contributed by atoms with van der Waals surface area (Å²) in [5.41, 5.74) is 1.74. The van der Waals surface area contributed by atoms with Crippen LogP contribution in [0.3, 0.4) is 0 Å². The molecule has 1 heterocycles. The Balaban J connectivity index is 1.74. The van der Waals surface area contributed by atoms with Gasteiger partial charge < -0.3 is 15.0 Å². The molecule has 3 rings (SSSR count). The second-order valence-electron chi connectivity index (χ2n) is 6.54. The average Bonchev–Trinajstić information content (AvgIpc) is 2.72. The normalized spacial score (nSPS) is 13.9. The second-order valence-corrected chi connectivity index (χ2v) is 6.54. The second kappa shape index (κ2) is 8.53. The van der Waals surface area contributed by atoms with E-state index in [2.05, 4.69) is 5.32 Å².